The Morgan fingerprint density at radius 1 is 1.30 bits per heavy atom. The quantitative estimate of drug-likeness (QED) is 0.863. The average Bonchev–Trinajstić information content (AvgIpc) is 2.55. The number of pyridine rings is 1. The summed E-state index contributed by atoms with van der Waals surface area (Å²) in [6.07, 6.45) is 6.72. The van der Waals surface area contributed by atoms with Gasteiger partial charge in [0.1, 0.15) is 0 Å². The summed E-state index contributed by atoms with van der Waals surface area (Å²) in [5.74, 6) is 0.193. The van der Waals surface area contributed by atoms with E-state index in [4.69, 9.17) is 5.73 Å². The SMILES string of the molecule is CCc1cccc(CN)n1.COC(=O)C1CCCCC1. The molecule has 2 N–H and O–H groups in total. The maximum atomic E-state index is 10.9. The van der Waals surface area contributed by atoms with E-state index in [1.165, 1.54) is 26.4 Å². The third-order valence-corrected chi connectivity index (χ3v) is 3.58. The molecule has 4 nitrogen and oxygen atoms in total. The summed E-state index contributed by atoms with van der Waals surface area (Å²) in [4.78, 5) is 15.2. The standard InChI is InChI=1S/C8H12N2.C8H14O2/c1-2-7-4-3-5-8(6-9)10-7;1-10-8(9)7-5-3-2-4-6-7/h3-5H,2,6,9H2,1H3;7H,2-6H2,1H3. The molecule has 1 aliphatic rings. The van der Waals surface area contributed by atoms with E-state index in [1.54, 1.807) is 0 Å². The van der Waals surface area contributed by atoms with Crippen LogP contribution >= 0.6 is 0 Å². The van der Waals surface area contributed by atoms with Crippen LogP contribution in [0.2, 0.25) is 0 Å². The van der Waals surface area contributed by atoms with Gasteiger partial charge in [-0.1, -0.05) is 32.3 Å². The van der Waals surface area contributed by atoms with Gasteiger partial charge in [0.05, 0.1) is 18.7 Å². The molecule has 1 aromatic rings. The molecule has 0 aliphatic heterocycles. The van der Waals surface area contributed by atoms with Crippen molar-refractivity contribution in [3.8, 4) is 0 Å². The smallest absolute Gasteiger partial charge is 0.308 e. The second-order valence-corrected chi connectivity index (χ2v) is 5.04. The second-order valence-electron chi connectivity index (χ2n) is 5.04. The molecule has 0 spiro atoms. The molecule has 2 rings (SSSR count). The van der Waals surface area contributed by atoms with E-state index in [9.17, 15) is 4.79 Å². The van der Waals surface area contributed by atoms with Crippen molar-refractivity contribution in [1.29, 1.82) is 0 Å². The Bertz CT molecular complexity index is 382. The van der Waals surface area contributed by atoms with Crippen molar-refractivity contribution in [1.82, 2.24) is 4.98 Å². The highest BCUT2D eigenvalue weighted by Gasteiger charge is 2.20. The van der Waals surface area contributed by atoms with Gasteiger partial charge in [-0.15, -0.1) is 0 Å². The van der Waals surface area contributed by atoms with Crippen molar-refractivity contribution in [3.63, 3.8) is 0 Å². The molecule has 0 aromatic carbocycles. The highest BCUT2D eigenvalue weighted by Crippen LogP contribution is 2.24. The van der Waals surface area contributed by atoms with Gasteiger partial charge in [-0.25, -0.2) is 0 Å². The van der Waals surface area contributed by atoms with Crippen LogP contribution in [0.5, 0.6) is 0 Å². The number of hydrogen-bond acceptors (Lipinski definition) is 4. The van der Waals surface area contributed by atoms with Crippen molar-refractivity contribution < 1.29 is 9.53 Å². The topological polar surface area (TPSA) is 65.2 Å². The zero-order valence-electron chi connectivity index (χ0n) is 12.6. The van der Waals surface area contributed by atoms with Gasteiger partial charge >= 0.3 is 5.97 Å². The summed E-state index contributed by atoms with van der Waals surface area (Å²) in [6.45, 7) is 2.62. The van der Waals surface area contributed by atoms with Gasteiger partial charge in [-0.05, 0) is 31.4 Å². The number of methoxy groups -OCH3 is 1. The lowest BCUT2D eigenvalue weighted by molar-refractivity contribution is -0.146. The molecular weight excluding hydrogens is 252 g/mol. The van der Waals surface area contributed by atoms with Crippen LogP contribution in [0.3, 0.4) is 0 Å². The fourth-order valence-electron chi connectivity index (χ4n) is 2.34. The largest absolute Gasteiger partial charge is 0.469 e. The molecule has 0 saturated heterocycles. The van der Waals surface area contributed by atoms with Crippen LogP contribution < -0.4 is 5.73 Å². The number of carbonyl (C=O) groups is 1. The molecule has 1 heterocycles. The Kier molecular flexibility index (Phi) is 7.88. The van der Waals surface area contributed by atoms with E-state index < -0.39 is 0 Å². The molecule has 0 radical (unpaired) electrons. The number of nitrogens with zero attached hydrogens (tertiary/aromatic N) is 1. The molecule has 0 amide bonds. The fourth-order valence-corrected chi connectivity index (χ4v) is 2.34. The average molecular weight is 278 g/mol. The number of aromatic nitrogens is 1. The molecule has 1 fully saturated rings. The van der Waals surface area contributed by atoms with Crippen LogP contribution in [0, 0.1) is 5.92 Å². The first-order valence-corrected chi connectivity index (χ1v) is 7.44. The number of esters is 1. The van der Waals surface area contributed by atoms with Crippen LogP contribution in [0.1, 0.15) is 50.4 Å². The summed E-state index contributed by atoms with van der Waals surface area (Å²) >= 11 is 0. The number of aryl methyl sites for hydroxylation is 1. The molecule has 1 saturated carbocycles. The van der Waals surface area contributed by atoms with Crippen LogP contribution in [0.4, 0.5) is 0 Å². The molecule has 0 atom stereocenters. The Labute approximate surface area is 121 Å². The van der Waals surface area contributed by atoms with E-state index in [-0.39, 0.29) is 11.9 Å². The molecule has 20 heavy (non-hydrogen) atoms. The molecule has 1 aromatic heterocycles. The number of ether oxygens (including phenoxy) is 1. The van der Waals surface area contributed by atoms with Gasteiger partial charge in [0.25, 0.3) is 0 Å². The lowest BCUT2D eigenvalue weighted by atomic mass is 9.89. The first-order chi connectivity index (χ1) is 9.71. The van der Waals surface area contributed by atoms with Crippen molar-refractivity contribution in [2.24, 2.45) is 11.7 Å². The highest BCUT2D eigenvalue weighted by atomic mass is 16.5. The molecule has 4 heteroatoms. The van der Waals surface area contributed by atoms with Gasteiger partial charge in [0.15, 0.2) is 0 Å². The highest BCUT2D eigenvalue weighted by molar-refractivity contribution is 5.72. The van der Waals surface area contributed by atoms with Crippen LogP contribution in [0.15, 0.2) is 18.2 Å². The number of rotatable bonds is 3. The van der Waals surface area contributed by atoms with E-state index in [0.29, 0.717) is 6.54 Å². The maximum absolute atomic E-state index is 10.9. The van der Waals surface area contributed by atoms with E-state index in [1.807, 2.05) is 18.2 Å². The Hall–Kier alpha value is -1.42. The van der Waals surface area contributed by atoms with Gasteiger partial charge < -0.3 is 10.5 Å². The van der Waals surface area contributed by atoms with Crippen molar-refractivity contribution >= 4 is 5.97 Å². The summed E-state index contributed by atoms with van der Waals surface area (Å²) in [6, 6.07) is 5.95. The lowest BCUT2D eigenvalue weighted by Gasteiger charge is -2.18. The normalized spacial score (nSPS) is 15.2. The van der Waals surface area contributed by atoms with Gasteiger partial charge in [0.2, 0.25) is 0 Å². The molecule has 0 unspecified atom stereocenters. The summed E-state index contributed by atoms with van der Waals surface area (Å²) in [5.41, 5.74) is 7.50. The minimum Gasteiger partial charge on any atom is -0.469 e. The first kappa shape index (κ1) is 16.6. The summed E-state index contributed by atoms with van der Waals surface area (Å²) in [7, 11) is 1.47. The predicted molar refractivity (Wildman–Crippen MR) is 80.1 cm³/mol. The summed E-state index contributed by atoms with van der Waals surface area (Å²) in [5, 5.41) is 0. The maximum Gasteiger partial charge on any atom is 0.308 e. The molecule has 1 aliphatic carbocycles. The molecular formula is C16H26N2O2. The first-order valence-electron chi connectivity index (χ1n) is 7.44. The lowest BCUT2D eigenvalue weighted by Crippen LogP contribution is -2.18. The monoisotopic (exact) mass is 278 g/mol. The number of nitrogens with two attached hydrogens (primary N) is 1. The fraction of sp³-hybridized carbons (Fsp3) is 0.625. The van der Waals surface area contributed by atoms with Crippen LogP contribution in [0.25, 0.3) is 0 Å². The van der Waals surface area contributed by atoms with Gasteiger partial charge in [0, 0.05) is 12.2 Å². The van der Waals surface area contributed by atoms with Crippen molar-refractivity contribution in [2.45, 2.75) is 52.0 Å². The number of carbonyl (C=O) groups excluding carboxylic acids is 1. The Morgan fingerprint density at radius 2 is 1.95 bits per heavy atom. The van der Waals surface area contributed by atoms with E-state index in [2.05, 4.69) is 16.6 Å². The minimum atomic E-state index is -0.0142. The zero-order valence-corrected chi connectivity index (χ0v) is 12.6. The third-order valence-electron chi connectivity index (χ3n) is 3.58. The molecule has 112 valence electrons. The second kappa shape index (κ2) is 9.48. The third kappa shape index (κ3) is 5.70. The van der Waals surface area contributed by atoms with Crippen molar-refractivity contribution in [2.75, 3.05) is 7.11 Å². The predicted octanol–water partition coefficient (Wildman–Crippen LogP) is 2.84. The van der Waals surface area contributed by atoms with Gasteiger partial charge in [-0.2, -0.15) is 0 Å². The van der Waals surface area contributed by atoms with Crippen LogP contribution in [-0.4, -0.2) is 18.1 Å². The molecule has 0 bridgehead atoms. The minimum absolute atomic E-state index is 0.0142. The van der Waals surface area contributed by atoms with Gasteiger partial charge in [-0.3, -0.25) is 9.78 Å². The van der Waals surface area contributed by atoms with E-state index >= 15 is 0 Å². The van der Waals surface area contributed by atoms with Crippen LogP contribution in [-0.2, 0) is 22.5 Å². The summed E-state index contributed by atoms with van der Waals surface area (Å²) < 4.78 is 4.65. The Morgan fingerprint density at radius 3 is 2.50 bits per heavy atom. The Balaban J connectivity index is 0.000000200. The number of hydrogen-bond donors (Lipinski definition) is 1. The van der Waals surface area contributed by atoms with Crippen molar-refractivity contribution in [3.05, 3.63) is 29.6 Å². The van der Waals surface area contributed by atoms with E-state index in [0.717, 1.165) is 30.7 Å². The zero-order chi connectivity index (χ0) is 14.8.